The second-order valence-electron chi connectivity index (χ2n) is 8.33. The molecule has 28 heavy (non-hydrogen) atoms. The molecule has 4 heteroatoms. The zero-order valence-corrected chi connectivity index (χ0v) is 17.0. The van der Waals surface area contributed by atoms with Crippen LogP contribution in [0.2, 0.25) is 0 Å². The van der Waals surface area contributed by atoms with Crippen LogP contribution in [0.1, 0.15) is 51.3 Å². The van der Waals surface area contributed by atoms with Gasteiger partial charge in [-0.05, 0) is 38.5 Å². The molecule has 2 aromatic carbocycles. The van der Waals surface area contributed by atoms with Gasteiger partial charge in [-0.25, -0.2) is 0 Å². The van der Waals surface area contributed by atoms with Crippen LogP contribution in [0.5, 0.6) is 0 Å². The summed E-state index contributed by atoms with van der Waals surface area (Å²) in [6.07, 6.45) is 0.0473. The molecule has 2 atom stereocenters. The third-order valence-corrected chi connectivity index (χ3v) is 5.00. The molecule has 3 rings (SSSR count). The minimum absolute atomic E-state index is 0.0473. The van der Waals surface area contributed by atoms with Gasteiger partial charge in [-0.15, -0.1) is 0 Å². The molecule has 2 N–H and O–H groups in total. The molecule has 3 aromatic rings. The monoisotopic (exact) mass is 376 g/mol. The van der Waals surface area contributed by atoms with Crippen LogP contribution in [-0.2, 0) is 15.1 Å². The first-order valence-electron chi connectivity index (χ1n) is 9.61. The average molecular weight is 376 g/mol. The molecular formula is C24H28N2O2. The van der Waals surface area contributed by atoms with Gasteiger partial charge in [0.05, 0.1) is 23.2 Å². The van der Waals surface area contributed by atoms with Crippen molar-refractivity contribution in [3.05, 3.63) is 78.0 Å². The van der Waals surface area contributed by atoms with Crippen LogP contribution in [0.15, 0.2) is 66.7 Å². The summed E-state index contributed by atoms with van der Waals surface area (Å²) in [5.41, 5.74) is 7.99. The fourth-order valence-corrected chi connectivity index (χ4v) is 3.45. The lowest BCUT2D eigenvalue weighted by Gasteiger charge is -2.35. The van der Waals surface area contributed by atoms with E-state index < -0.39 is 11.1 Å². The van der Waals surface area contributed by atoms with E-state index in [4.69, 9.17) is 15.5 Å². The highest BCUT2D eigenvalue weighted by molar-refractivity contribution is 5.79. The van der Waals surface area contributed by atoms with Crippen LogP contribution in [0.3, 0.4) is 0 Å². The lowest BCUT2D eigenvalue weighted by molar-refractivity contribution is -0.156. The molecule has 0 spiro atoms. The van der Waals surface area contributed by atoms with Crippen LogP contribution >= 0.6 is 0 Å². The number of hydrogen-bond donors (Lipinski definition) is 1. The average Bonchev–Trinajstić information content (AvgIpc) is 2.66. The van der Waals surface area contributed by atoms with E-state index in [0.29, 0.717) is 5.69 Å². The van der Waals surface area contributed by atoms with Gasteiger partial charge in [-0.1, -0.05) is 61.5 Å². The van der Waals surface area contributed by atoms with Crippen molar-refractivity contribution in [2.24, 2.45) is 5.73 Å². The molecule has 0 saturated carbocycles. The predicted molar refractivity (Wildman–Crippen MR) is 113 cm³/mol. The summed E-state index contributed by atoms with van der Waals surface area (Å²) in [5, 5.41) is 1.04. The maximum absolute atomic E-state index is 12.7. The van der Waals surface area contributed by atoms with Gasteiger partial charge in [0.25, 0.3) is 0 Å². The van der Waals surface area contributed by atoms with E-state index in [1.165, 1.54) is 0 Å². The van der Waals surface area contributed by atoms with Gasteiger partial charge in [0.1, 0.15) is 5.60 Å². The largest absolute Gasteiger partial charge is 0.460 e. The second-order valence-corrected chi connectivity index (χ2v) is 8.33. The van der Waals surface area contributed by atoms with Crippen LogP contribution in [0.25, 0.3) is 10.9 Å². The van der Waals surface area contributed by atoms with E-state index in [1.807, 2.05) is 94.4 Å². The number of hydrogen-bond acceptors (Lipinski definition) is 4. The van der Waals surface area contributed by atoms with Crippen molar-refractivity contribution in [2.45, 2.75) is 51.2 Å². The highest BCUT2D eigenvalue weighted by atomic mass is 16.6. The Labute approximate surface area is 166 Å². The molecule has 0 fully saturated rings. The molecule has 0 aliphatic carbocycles. The molecular weight excluding hydrogens is 348 g/mol. The van der Waals surface area contributed by atoms with Gasteiger partial charge >= 0.3 is 5.97 Å². The van der Waals surface area contributed by atoms with Crippen molar-refractivity contribution in [2.75, 3.05) is 0 Å². The lowest BCUT2D eigenvalue weighted by Crippen LogP contribution is -2.45. The first-order chi connectivity index (χ1) is 13.2. The number of benzene rings is 2. The molecule has 146 valence electrons. The Hall–Kier alpha value is -2.72. The van der Waals surface area contributed by atoms with Crippen molar-refractivity contribution < 1.29 is 9.53 Å². The summed E-state index contributed by atoms with van der Waals surface area (Å²) < 4.78 is 5.58. The van der Waals surface area contributed by atoms with E-state index in [0.717, 1.165) is 16.5 Å². The SMILES string of the molecule is CC(c1ccccc1)C(N)(CC(=O)OC(C)(C)C)c1ccc2ccccc2n1. The number of fused-ring (bicyclic) bond motifs is 1. The zero-order valence-electron chi connectivity index (χ0n) is 17.0. The summed E-state index contributed by atoms with van der Waals surface area (Å²) >= 11 is 0. The van der Waals surface area contributed by atoms with Gasteiger partial charge in [0.15, 0.2) is 0 Å². The number of rotatable bonds is 5. The highest BCUT2D eigenvalue weighted by Gasteiger charge is 2.39. The van der Waals surface area contributed by atoms with Gasteiger partial charge in [0, 0.05) is 11.3 Å². The maximum atomic E-state index is 12.7. The third-order valence-electron chi connectivity index (χ3n) is 5.00. The molecule has 0 radical (unpaired) electrons. The highest BCUT2D eigenvalue weighted by Crippen LogP contribution is 2.37. The molecule has 1 aromatic heterocycles. The Balaban J connectivity index is 2.05. The molecule has 0 aliphatic rings. The van der Waals surface area contributed by atoms with Crippen LogP contribution in [-0.4, -0.2) is 16.6 Å². The smallest absolute Gasteiger partial charge is 0.308 e. The second kappa shape index (κ2) is 7.72. The number of carbonyl (C=O) groups is 1. The van der Waals surface area contributed by atoms with Gasteiger partial charge in [0.2, 0.25) is 0 Å². The van der Waals surface area contributed by atoms with Gasteiger partial charge in [-0.3, -0.25) is 9.78 Å². The standard InChI is InChI=1S/C24H28N2O2/c1-17(18-10-6-5-7-11-18)24(25,16-22(27)28-23(2,3)4)21-15-14-19-12-8-9-13-20(19)26-21/h5-15,17H,16,25H2,1-4H3. The van der Waals surface area contributed by atoms with Crippen molar-refractivity contribution in [1.29, 1.82) is 0 Å². The summed E-state index contributed by atoms with van der Waals surface area (Å²) in [6.45, 7) is 7.62. The third kappa shape index (κ3) is 4.39. The number of ether oxygens (including phenoxy) is 1. The van der Waals surface area contributed by atoms with Gasteiger partial charge in [-0.2, -0.15) is 0 Å². The number of esters is 1. The maximum Gasteiger partial charge on any atom is 0.308 e. The van der Waals surface area contributed by atoms with Gasteiger partial charge < -0.3 is 10.5 Å². The summed E-state index contributed by atoms with van der Waals surface area (Å²) in [7, 11) is 0. The molecule has 1 heterocycles. The van der Waals surface area contributed by atoms with Crippen molar-refractivity contribution >= 4 is 16.9 Å². The molecule has 0 bridgehead atoms. The fraction of sp³-hybridized carbons (Fsp3) is 0.333. The molecule has 0 saturated heterocycles. The molecule has 0 amide bonds. The molecule has 0 aliphatic heterocycles. The number of carbonyl (C=O) groups excluding carboxylic acids is 1. The molecule has 2 unspecified atom stereocenters. The Bertz CT molecular complexity index is 963. The fourth-order valence-electron chi connectivity index (χ4n) is 3.45. The molecule has 4 nitrogen and oxygen atoms in total. The van der Waals surface area contributed by atoms with E-state index in [9.17, 15) is 4.79 Å². The van der Waals surface area contributed by atoms with Crippen molar-refractivity contribution in [3.8, 4) is 0 Å². The van der Waals surface area contributed by atoms with E-state index in [-0.39, 0.29) is 18.3 Å². The minimum Gasteiger partial charge on any atom is -0.460 e. The predicted octanol–water partition coefficient (Wildman–Crippen LogP) is 4.92. The zero-order chi connectivity index (χ0) is 20.4. The van der Waals surface area contributed by atoms with Crippen molar-refractivity contribution in [3.63, 3.8) is 0 Å². The summed E-state index contributed by atoms with van der Waals surface area (Å²) in [5.74, 6) is -0.456. The number of nitrogens with zero attached hydrogens (tertiary/aromatic N) is 1. The van der Waals surface area contributed by atoms with Crippen LogP contribution < -0.4 is 5.73 Å². The first-order valence-corrected chi connectivity index (χ1v) is 9.61. The van der Waals surface area contributed by atoms with E-state index in [1.54, 1.807) is 0 Å². The number of para-hydroxylation sites is 1. The summed E-state index contributed by atoms with van der Waals surface area (Å²) in [4.78, 5) is 17.5. The normalized spacial score (nSPS) is 15.0. The van der Waals surface area contributed by atoms with Crippen LogP contribution in [0.4, 0.5) is 0 Å². The Morgan fingerprint density at radius 1 is 1.00 bits per heavy atom. The summed E-state index contributed by atoms with van der Waals surface area (Å²) in [6, 6.07) is 21.8. The Morgan fingerprint density at radius 3 is 2.32 bits per heavy atom. The first kappa shape index (κ1) is 20.0. The number of pyridine rings is 1. The van der Waals surface area contributed by atoms with E-state index >= 15 is 0 Å². The number of nitrogens with two attached hydrogens (primary N) is 1. The minimum atomic E-state index is -0.992. The Morgan fingerprint density at radius 2 is 1.64 bits per heavy atom. The topological polar surface area (TPSA) is 65.2 Å². The van der Waals surface area contributed by atoms with Crippen LogP contribution in [0, 0.1) is 0 Å². The lowest BCUT2D eigenvalue weighted by atomic mass is 9.76. The van der Waals surface area contributed by atoms with Crippen molar-refractivity contribution in [1.82, 2.24) is 4.98 Å². The van der Waals surface area contributed by atoms with E-state index in [2.05, 4.69) is 0 Å². The quantitative estimate of drug-likeness (QED) is 0.642. The Kier molecular flexibility index (Phi) is 5.52. The number of aromatic nitrogens is 1.